The normalized spacial score (nSPS) is 13.4. The molecule has 0 aromatic heterocycles. The molecule has 0 fully saturated rings. The smallest absolute Gasteiger partial charge is 0.262 e. The molecular formula is C24H23N3O4. The molecule has 0 saturated heterocycles. The number of nitrogens with zero attached hydrogens (tertiary/aromatic N) is 2. The number of likely N-dealkylation sites (N-methyl/N-ethyl adjacent to an activating group) is 1. The van der Waals surface area contributed by atoms with Gasteiger partial charge in [0, 0.05) is 35.1 Å². The van der Waals surface area contributed by atoms with E-state index in [0.29, 0.717) is 34.1 Å². The molecule has 0 unspecified atom stereocenters. The number of hydrogen-bond donors (Lipinski definition) is 1. The van der Waals surface area contributed by atoms with Gasteiger partial charge in [-0.1, -0.05) is 24.3 Å². The second-order valence-corrected chi connectivity index (χ2v) is 8.05. The molecule has 0 aliphatic carbocycles. The number of hydrogen-bond acceptors (Lipinski definition) is 5. The average Bonchev–Trinajstić information content (AvgIpc) is 2.70. The zero-order chi connectivity index (χ0) is 22.3. The molecule has 158 valence electrons. The van der Waals surface area contributed by atoms with Crippen LogP contribution in [0.1, 0.15) is 34.1 Å². The summed E-state index contributed by atoms with van der Waals surface area (Å²) >= 11 is 0. The van der Waals surface area contributed by atoms with Gasteiger partial charge in [0.05, 0.1) is 12.0 Å². The predicted molar refractivity (Wildman–Crippen MR) is 119 cm³/mol. The highest BCUT2D eigenvalue weighted by Crippen LogP contribution is 2.38. The van der Waals surface area contributed by atoms with Crippen molar-refractivity contribution in [2.75, 3.05) is 32.5 Å². The number of carbonyl (C=O) groups is 4. The number of imide groups is 1. The SMILES string of the molecule is CC(=O)CC(=O)Nc1cccc2cc3cccc4c3c(c12)C(=O)N(CCN(C)C)C4=O. The van der Waals surface area contributed by atoms with Gasteiger partial charge in [0.2, 0.25) is 5.91 Å². The first-order valence-electron chi connectivity index (χ1n) is 10.1. The van der Waals surface area contributed by atoms with Gasteiger partial charge in [0.1, 0.15) is 5.78 Å². The summed E-state index contributed by atoms with van der Waals surface area (Å²) in [6.45, 7) is 2.15. The number of ketones is 1. The summed E-state index contributed by atoms with van der Waals surface area (Å²) in [5, 5.41) is 5.51. The molecule has 7 heteroatoms. The second-order valence-electron chi connectivity index (χ2n) is 8.05. The Morgan fingerprint density at radius 1 is 0.968 bits per heavy atom. The monoisotopic (exact) mass is 417 g/mol. The zero-order valence-corrected chi connectivity index (χ0v) is 17.7. The van der Waals surface area contributed by atoms with Crippen molar-refractivity contribution in [1.82, 2.24) is 9.80 Å². The number of fused-ring (bicyclic) bond motifs is 2. The first-order valence-corrected chi connectivity index (χ1v) is 10.1. The predicted octanol–water partition coefficient (Wildman–Crippen LogP) is 3.07. The third-order valence-corrected chi connectivity index (χ3v) is 5.39. The highest BCUT2D eigenvalue weighted by Gasteiger charge is 2.34. The van der Waals surface area contributed by atoms with Gasteiger partial charge in [-0.3, -0.25) is 24.1 Å². The standard InChI is InChI=1S/C24H23N3O4/c1-14(28)12-19(29)25-18-9-5-7-16-13-15-6-4-8-17-20(15)22(21(16)18)24(31)27(23(17)30)11-10-26(2)3/h4-9,13H,10-12H2,1-3H3,(H,25,29). The molecule has 1 N–H and O–H groups in total. The van der Waals surface area contributed by atoms with Crippen LogP contribution in [-0.2, 0) is 9.59 Å². The van der Waals surface area contributed by atoms with E-state index in [9.17, 15) is 19.2 Å². The minimum Gasteiger partial charge on any atom is -0.325 e. The third-order valence-electron chi connectivity index (χ3n) is 5.39. The molecule has 1 heterocycles. The summed E-state index contributed by atoms with van der Waals surface area (Å²) < 4.78 is 0. The number of nitrogens with one attached hydrogen (secondary N) is 1. The molecule has 1 aliphatic rings. The van der Waals surface area contributed by atoms with Crippen molar-refractivity contribution in [2.24, 2.45) is 0 Å². The Morgan fingerprint density at radius 2 is 1.65 bits per heavy atom. The lowest BCUT2D eigenvalue weighted by atomic mass is 9.89. The summed E-state index contributed by atoms with van der Waals surface area (Å²) in [5.74, 6) is -1.38. The van der Waals surface area contributed by atoms with Gasteiger partial charge < -0.3 is 10.2 Å². The maximum absolute atomic E-state index is 13.6. The fraction of sp³-hybridized carbons (Fsp3) is 0.250. The fourth-order valence-corrected chi connectivity index (χ4v) is 4.02. The van der Waals surface area contributed by atoms with E-state index < -0.39 is 5.91 Å². The molecule has 31 heavy (non-hydrogen) atoms. The number of rotatable bonds is 6. The summed E-state index contributed by atoms with van der Waals surface area (Å²) in [5.41, 5.74) is 1.32. The fourth-order valence-electron chi connectivity index (χ4n) is 4.02. The van der Waals surface area contributed by atoms with Crippen molar-refractivity contribution in [3.63, 3.8) is 0 Å². The van der Waals surface area contributed by atoms with Crippen LogP contribution in [0.4, 0.5) is 5.69 Å². The molecule has 3 aromatic rings. The van der Waals surface area contributed by atoms with Crippen LogP contribution >= 0.6 is 0 Å². The van der Waals surface area contributed by atoms with Crippen molar-refractivity contribution < 1.29 is 19.2 Å². The van der Waals surface area contributed by atoms with E-state index in [4.69, 9.17) is 0 Å². The van der Waals surface area contributed by atoms with Gasteiger partial charge in [-0.15, -0.1) is 0 Å². The van der Waals surface area contributed by atoms with Crippen LogP contribution in [0.2, 0.25) is 0 Å². The Bertz CT molecular complexity index is 1260. The van der Waals surface area contributed by atoms with Crippen LogP contribution < -0.4 is 5.32 Å². The molecule has 4 rings (SSSR count). The minimum atomic E-state index is -0.440. The Morgan fingerprint density at radius 3 is 2.32 bits per heavy atom. The summed E-state index contributed by atoms with van der Waals surface area (Å²) in [4.78, 5) is 53.5. The van der Waals surface area contributed by atoms with E-state index in [1.165, 1.54) is 11.8 Å². The topological polar surface area (TPSA) is 86.8 Å². The van der Waals surface area contributed by atoms with E-state index in [1.807, 2.05) is 43.3 Å². The Labute approximate surface area is 179 Å². The number of Topliss-reactive ketones (excluding diaryl/α,β-unsaturated/α-hetero) is 1. The Hall–Kier alpha value is -3.58. The lowest BCUT2D eigenvalue weighted by Gasteiger charge is -2.29. The van der Waals surface area contributed by atoms with Crippen LogP contribution in [-0.4, -0.2) is 60.5 Å². The van der Waals surface area contributed by atoms with Gasteiger partial charge in [-0.05, 0) is 50.0 Å². The van der Waals surface area contributed by atoms with E-state index >= 15 is 0 Å². The molecule has 0 spiro atoms. The number of benzene rings is 3. The number of anilines is 1. The molecular weight excluding hydrogens is 394 g/mol. The first-order chi connectivity index (χ1) is 14.8. The molecule has 1 aliphatic heterocycles. The molecule has 7 nitrogen and oxygen atoms in total. The van der Waals surface area contributed by atoms with Gasteiger partial charge in [0.25, 0.3) is 11.8 Å². The van der Waals surface area contributed by atoms with Crippen molar-refractivity contribution in [2.45, 2.75) is 13.3 Å². The lowest BCUT2D eigenvalue weighted by Crippen LogP contribution is -2.43. The van der Waals surface area contributed by atoms with Crippen molar-refractivity contribution >= 4 is 50.7 Å². The highest BCUT2D eigenvalue weighted by molar-refractivity contribution is 6.32. The van der Waals surface area contributed by atoms with Crippen molar-refractivity contribution in [3.8, 4) is 0 Å². The van der Waals surface area contributed by atoms with E-state index in [0.717, 1.165) is 10.8 Å². The van der Waals surface area contributed by atoms with Crippen LogP contribution in [0.15, 0.2) is 42.5 Å². The number of carbonyl (C=O) groups excluding carboxylic acids is 4. The molecule has 3 aromatic carbocycles. The first kappa shape index (κ1) is 20.7. The largest absolute Gasteiger partial charge is 0.325 e. The van der Waals surface area contributed by atoms with Crippen molar-refractivity contribution in [3.05, 3.63) is 53.6 Å². The summed E-state index contributed by atoms with van der Waals surface area (Å²) in [6, 6.07) is 12.7. The Balaban J connectivity index is 1.96. The number of amides is 3. The molecule has 0 radical (unpaired) electrons. The second kappa shape index (κ2) is 7.92. The maximum atomic E-state index is 13.6. The molecule has 0 saturated carbocycles. The lowest BCUT2D eigenvalue weighted by molar-refractivity contribution is -0.124. The Kier molecular flexibility index (Phi) is 5.29. The zero-order valence-electron chi connectivity index (χ0n) is 17.7. The quantitative estimate of drug-likeness (QED) is 0.378. The van der Waals surface area contributed by atoms with Gasteiger partial charge in [0.15, 0.2) is 0 Å². The molecule has 0 bridgehead atoms. The average molecular weight is 417 g/mol. The van der Waals surface area contributed by atoms with Gasteiger partial charge >= 0.3 is 0 Å². The minimum absolute atomic E-state index is 0.244. The van der Waals surface area contributed by atoms with Gasteiger partial charge in [-0.2, -0.15) is 0 Å². The van der Waals surface area contributed by atoms with Crippen LogP contribution in [0.3, 0.4) is 0 Å². The van der Waals surface area contributed by atoms with Crippen LogP contribution in [0, 0.1) is 0 Å². The summed E-state index contributed by atoms with van der Waals surface area (Å²) in [6.07, 6.45) is -0.244. The summed E-state index contributed by atoms with van der Waals surface area (Å²) in [7, 11) is 3.76. The van der Waals surface area contributed by atoms with E-state index in [1.54, 1.807) is 18.2 Å². The van der Waals surface area contributed by atoms with E-state index in [-0.39, 0.29) is 30.6 Å². The molecule has 0 atom stereocenters. The third kappa shape index (κ3) is 3.68. The van der Waals surface area contributed by atoms with Crippen LogP contribution in [0.5, 0.6) is 0 Å². The van der Waals surface area contributed by atoms with Crippen molar-refractivity contribution in [1.29, 1.82) is 0 Å². The molecule has 3 amide bonds. The van der Waals surface area contributed by atoms with Crippen LogP contribution in [0.25, 0.3) is 21.5 Å². The van der Waals surface area contributed by atoms with E-state index in [2.05, 4.69) is 5.32 Å². The maximum Gasteiger partial charge on any atom is 0.262 e. The van der Waals surface area contributed by atoms with Gasteiger partial charge in [-0.25, -0.2) is 0 Å². The highest BCUT2D eigenvalue weighted by atomic mass is 16.2.